The maximum Gasteiger partial charge on any atom is 0.119 e. The molecular weight excluding hydrogens is 230 g/mol. The van der Waals surface area contributed by atoms with Gasteiger partial charge in [0.25, 0.3) is 0 Å². The summed E-state index contributed by atoms with van der Waals surface area (Å²) in [5.74, 6) is 1.48. The van der Waals surface area contributed by atoms with Crippen LogP contribution >= 0.6 is 12.2 Å². The van der Waals surface area contributed by atoms with E-state index < -0.39 is 0 Å². The third kappa shape index (κ3) is 4.73. The molecule has 0 aliphatic heterocycles. The third-order valence-electron chi connectivity index (χ3n) is 2.70. The fourth-order valence-corrected chi connectivity index (χ4v) is 1.97. The summed E-state index contributed by atoms with van der Waals surface area (Å²) in [6.45, 7) is 7.19. The molecule has 0 radical (unpaired) electrons. The summed E-state index contributed by atoms with van der Waals surface area (Å²) >= 11 is 4.81. The highest BCUT2D eigenvalue weighted by molar-refractivity contribution is 7.80. The van der Waals surface area contributed by atoms with Gasteiger partial charge >= 0.3 is 0 Å². The van der Waals surface area contributed by atoms with E-state index in [2.05, 4.69) is 32.9 Å². The van der Waals surface area contributed by atoms with E-state index in [1.54, 1.807) is 0 Å². The first-order chi connectivity index (χ1) is 8.00. The first-order valence-corrected chi connectivity index (χ1v) is 6.43. The smallest absolute Gasteiger partial charge is 0.119 e. The Bertz CT molecular complexity index is 388. The first kappa shape index (κ1) is 14.0. The van der Waals surface area contributed by atoms with Gasteiger partial charge in [-0.1, -0.05) is 32.1 Å². The number of nitrogens with two attached hydrogens (primary N) is 1. The minimum atomic E-state index is 0.554. The molecule has 1 aromatic rings. The summed E-state index contributed by atoms with van der Waals surface area (Å²) in [6, 6.07) is 6.27. The zero-order chi connectivity index (χ0) is 12.8. The average Bonchev–Trinajstić information content (AvgIpc) is 2.23. The van der Waals surface area contributed by atoms with Crippen molar-refractivity contribution in [2.24, 2.45) is 5.73 Å². The predicted molar refractivity (Wildman–Crippen MR) is 76.8 cm³/mol. The summed E-state index contributed by atoms with van der Waals surface area (Å²) < 4.78 is 5.66. The maximum absolute atomic E-state index is 5.66. The molecule has 0 spiro atoms. The molecule has 94 valence electrons. The number of benzene rings is 1. The summed E-state index contributed by atoms with van der Waals surface area (Å²) in [7, 11) is 0. The fraction of sp³-hybridized carbons (Fsp3) is 0.500. The SMILES string of the molecule is Cc1cc(OCCCC(N)=S)ccc1C(C)C. The number of rotatable bonds is 6. The highest BCUT2D eigenvalue weighted by atomic mass is 32.1. The Morgan fingerprint density at radius 1 is 1.41 bits per heavy atom. The van der Waals surface area contributed by atoms with Crippen molar-refractivity contribution in [3.8, 4) is 5.75 Å². The van der Waals surface area contributed by atoms with Gasteiger partial charge < -0.3 is 10.5 Å². The van der Waals surface area contributed by atoms with Crippen molar-refractivity contribution in [3.63, 3.8) is 0 Å². The molecule has 0 aliphatic carbocycles. The topological polar surface area (TPSA) is 35.2 Å². The second kappa shape index (κ2) is 6.60. The van der Waals surface area contributed by atoms with E-state index in [9.17, 15) is 0 Å². The molecule has 1 rings (SSSR count). The second-order valence-corrected chi connectivity index (χ2v) is 5.12. The molecule has 0 aliphatic rings. The molecule has 2 N–H and O–H groups in total. The van der Waals surface area contributed by atoms with Crippen LogP contribution in [0.3, 0.4) is 0 Å². The number of hydrogen-bond donors (Lipinski definition) is 1. The van der Waals surface area contributed by atoms with Gasteiger partial charge in [0, 0.05) is 6.42 Å². The van der Waals surface area contributed by atoms with Gasteiger partial charge in [-0.25, -0.2) is 0 Å². The Labute approximate surface area is 109 Å². The quantitative estimate of drug-likeness (QED) is 0.620. The van der Waals surface area contributed by atoms with E-state index in [4.69, 9.17) is 22.7 Å². The van der Waals surface area contributed by atoms with E-state index in [0.29, 0.717) is 17.5 Å². The van der Waals surface area contributed by atoms with Crippen LogP contribution in [0.2, 0.25) is 0 Å². The van der Waals surface area contributed by atoms with Crippen LogP contribution in [0.4, 0.5) is 0 Å². The van der Waals surface area contributed by atoms with Crippen molar-refractivity contribution >= 4 is 17.2 Å². The standard InChI is InChI=1S/C14H21NOS/c1-10(2)13-7-6-12(9-11(13)3)16-8-4-5-14(15)17/h6-7,9-10H,4-5,8H2,1-3H3,(H2,15,17). The van der Waals surface area contributed by atoms with Crippen LogP contribution in [-0.4, -0.2) is 11.6 Å². The molecule has 1 aromatic carbocycles. The minimum Gasteiger partial charge on any atom is -0.494 e. The third-order valence-corrected chi connectivity index (χ3v) is 2.90. The molecule has 0 atom stereocenters. The lowest BCUT2D eigenvalue weighted by Crippen LogP contribution is -2.09. The Hall–Kier alpha value is -1.09. The average molecular weight is 251 g/mol. The monoisotopic (exact) mass is 251 g/mol. The van der Waals surface area contributed by atoms with Crippen molar-refractivity contribution in [2.75, 3.05) is 6.61 Å². The van der Waals surface area contributed by atoms with Gasteiger partial charge in [-0.05, 0) is 42.5 Å². The van der Waals surface area contributed by atoms with Gasteiger partial charge in [0.15, 0.2) is 0 Å². The van der Waals surface area contributed by atoms with Crippen LogP contribution in [0.15, 0.2) is 18.2 Å². The number of hydrogen-bond acceptors (Lipinski definition) is 2. The molecular formula is C14H21NOS. The Morgan fingerprint density at radius 3 is 2.65 bits per heavy atom. The summed E-state index contributed by atoms with van der Waals surface area (Å²) in [5, 5.41) is 0. The summed E-state index contributed by atoms with van der Waals surface area (Å²) in [6.07, 6.45) is 1.62. The Morgan fingerprint density at radius 2 is 2.12 bits per heavy atom. The Balaban J connectivity index is 2.50. The number of thiocarbonyl (C=S) groups is 1. The summed E-state index contributed by atoms with van der Waals surface area (Å²) in [5.41, 5.74) is 8.08. The van der Waals surface area contributed by atoms with E-state index in [-0.39, 0.29) is 0 Å². The van der Waals surface area contributed by atoms with Gasteiger partial charge in [0.2, 0.25) is 0 Å². The molecule has 2 nitrogen and oxygen atoms in total. The van der Waals surface area contributed by atoms with E-state index in [0.717, 1.165) is 18.6 Å². The van der Waals surface area contributed by atoms with Crippen molar-refractivity contribution in [2.45, 2.75) is 39.5 Å². The van der Waals surface area contributed by atoms with Gasteiger partial charge in [-0.2, -0.15) is 0 Å². The minimum absolute atomic E-state index is 0.554. The zero-order valence-electron chi connectivity index (χ0n) is 10.8. The largest absolute Gasteiger partial charge is 0.494 e. The van der Waals surface area contributed by atoms with Crippen molar-refractivity contribution in [3.05, 3.63) is 29.3 Å². The molecule has 0 unspecified atom stereocenters. The van der Waals surface area contributed by atoms with Gasteiger partial charge in [-0.3, -0.25) is 0 Å². The van der Waals surface area contributed by atoms with Crippen molar-refractivity contribution in [1.82, 2.24) is 0 Å². The van der Waals surface area contributed by atoms with Gasteiger partial charge in [-0.15, -0.1) is 0 Å². The molecule has 0 saturated heterocycles. The van der Waals surface area contributed by atoms with Crippen LogP contribution in [0, 0.1) is 6.92 Å². The molecule has 3 heteroatoms. The lowest BCUT2D eigenvalue weighted by molar-refractivity contribution is 0.313. The van der Waals surface area contributed by atoms with E-state index in [1.165, 1.54) is 11.1 Å². The molecule has 17 heavy (non-hydrogen) atoms. The van der Waals surface area contributed by atoms with Gasteiger partial charge in [0.1, 0.15) is 5.75 Å². The number of aryl methyl sites for hydroxylation is 1. The van der Waals surface area contributed by atoms with Crippen LogP contribution in [0.5, 0.6) is 5.75 Å². The predicted octanol–water partition coefficient (Wildman–Crippen LogP) is 3.56. The molecule has 0 fully saturated rings. The molecule has 0 heterocycles. The second-order valence-electron chi connectivity index (χ2n) is 4.59. The van der Waals surface area contributed by atoms with Crippen molar-refractivity contribution in [1.29, 1.82) is 0 Å². The van der Waals surface area contributed by atoms with E-state index >= 15 is 0 Å². The maximum atomic E-state index is 5.66. The van der Waals surface area contributed by atoms with E-state index in [1.807, 2.05) is 6.07 Å². The van der Waals surface area contributed by atoms with Gasteiger partial charge in [0.05, 0.1) is 11.6 Å². The lowest BCUT2D eigenvalue weighted by atomic mass is 9.98. The van der Waals surface area contributed by atoms with Crippen LogP contribution in [0.25, 0.3) is 0 Å². The Kier molecular flexibility index (Phi) is 5.42. The van der Waals surface area contributed by atoms with Crippen LogP contribution in [-0.2, 0) is 0 Å². The molecule has 0 bridgehead atoms. The fourth-order valence-electron chi connectivity index (χ4n) is 1.82. The van der Waals surface area contributed by atoms with Crippen LogP contribution < -0.4 is 10.5 Å². The zero-order valence-corrected chi connectivity index (χ0v) is 11.6. The lowest BCUT2D eigenvalue weighted by Gasteiger charge is -2.12. The molecule has 0 aromatic heterocycles. The molecule has 0 amide bonds. The molecule has 0 saturated carbocycles. The van der Waals surface area contributed by atoms with Crippen molar-refractivity contribution < 1.29 is 4.74 Å². The highest BCUT2D eigenvalue weighted by Gasteiger charge is 2.04. The first-order valence-electron chi connectivity index (χ1n) is 6.02. The highest BCUT2D eigenvalue weighted by Crippen LogP contribution is 2.23. The number of ether oxygens (including phenoxy) is 1. The summed E-state index contributed by atoms with van der Waals surface area (Å²) in [4.78, 5) is 0.555. The normalized spacial score (nSPS) is 10.6. The van der Waals surface area contributed by atoms with Crippen LogP contribution in [0.1, 0.15) is 43.7 Å².